The van der Waals surface area contributed by atoms with Gasteiger partial charge in [-0.05, 0) is 355 Å². The van der Waals surface area contributed by atoms with Gasteiger partial charge in [-0.1, -0.05) is 185 Å². The maximum atomic E-state index is 11.1. The Morgan fingerprint density at radius 1 is 0.307 bits per heavy atom. The molecule has 0 aromatic heterocycles. The van der Waals surface area contributed by atoms with Crippen LogP contribution in [-0.4, -0.2) is 135 Å². The molecular weight excluding hydrogens is 1780 g/mol. The highest BCUT2D eigenvalue weighted by Crippen LogP contribution is 2.53. The number of nitriles is 2. The second-order valence-corrected chi connectivity index (χ2v) is 44.7. The summed E-state index contributed by atoms with van der Waals surface area (Å²) in [6.45, 7) is 86.7. The summed E-state index contributed by atoms with van der Waals surface area (Å²) >= 11 is 0. The molecule has 0 amide bonds. The van der Waals surface area contributed by atoms with Gasteiger partial charge in [0.1, 0.15) is 5.78 Å². The Morgan fingerprint density at radius 2 is 0.471 bits per heavy atom. The fourth-order valence-electron chi connectivity index (χ4n) is 11.7. The van der Waals surface area contributed by atoms with Crippen molar-refractivity contribution in [1.29, 1.82) is 10.5 Å². The van der Waals surface area contributed by atoms with Crippen molar-refractivity contribution < 1.29 is 112 Å². The van der Waals surface area contributed by atoms with E-state index in [1.54, 1.807) is 154 Å². The van der Waals surface area contributed by atoms with E-state index in [1.807, 2.05) is 208 Å². The Morgan fingerprint density at radius 3 is 0.543 bits per heavy atom. The van der Waals surface area contributed by atoms with Crippen LogP contribution in [0.15, 0.2) is 13.2 Å². The standard InChI is InChI=1S/C10H20O.C10H16.C8H16O.4C7H14O2.C7H12.C6H12O3.5C6H12O2.2C5H9N.C2H6.C2H4.2CH4/c1-8-4-6-9(7-5-8)10(2,3)11;1-7-2-9-4-8(1)5-10(3-7)6-9;1-5-7(9)8(3,4)6-2;4*1-5-7(2,3)6(8)9-4;1-2-7-4-3-6(1)5-7;1-4-6(2,3)5(7)9-8;5*1-4-6(2,3)5(7)8;2*1-3-5(2)4-6;2*1-2;;/h8-9,11H,4-7H2,1-3H3;7-10H,1-6H2;5-6H2,1-4H3;4*5H2,1-4H3;6-7H,1-5H2;8H,4H2,1-3H3;5*4H2,1-3H3,(H,7,8);2*5H,3H2,1-2H3;1-2H3;1-2H2;2*1H4. The van der Waals surface area contributed by atoms with Gasteiger partial charge in [0, 0.05) is 23.7 Å². The number of methoxy groups -OCH3 is 4. The molecule has 0 spiro atoms. The van der Waals surface area contributed by atoms with Gasteiger partial charge in [0.25, 0.3) is 0 Å². The number of aliphatic hydroxyl groups is 1. The van der Waals surface area contributed by atoms with Crippen molar-refractivity contribution >= 4 is 65.5 Å². The number of ether oxygens (including phenoxy) is 4. The maximum absolute atomic E-state index is 11.1. The number of carboxylic acids is 5. The topological polar surface area (TPSA) is 423 Å². The van der Waals surface area contributed by atoms with Crippen molar-refractivity contribution in [2.75, 3.05) is 28.4 Å². The van der Waals surface area contributed by atoms with Gasteiger partial charge < -0.3 is 54.5 Å². The first-order valence-corrected chi connectivity index (χ1v) is 51.7. The minimum atomic E-state index is -0.722. The zero-order valence-electron chi connectivity index (χ0n) is 97.8. The van der Waals surface area contributed by atoms with Crippen molar-refractivity contribution in [3.8, 4) is 12.1 Å². The largest absolute Gasteiger partial charge is 0.481 e. The number of aliphatic carboxylic acids is 5. The van der Waals surface area contributed by atoms with Gasteiger partial charge >= 0.3 is 59.7 Å². The number of carboxylic acid groups (broad SMARTS) is 5. The highest BCUT2D eigenvalue weighted by molar-refractivity contribution is 5.83. The van der Waals surface area contributed by atoms with E-state index in [4.69, 9.17) is 41.3 Å². The first-order chi connectivity index (χ1) is 62.7. The number of nitrogens with zero attached hydrogens (tertiary/aromatic N) is 2. The Balaban J connectivity index is -0.000000101. The summed E-state index contributed by atoms with van der Waals surface area (Å²) in [7, 11) is 5.67. The minimum absolute atomic E-state index is 0. The lowest BCUT2D eigenvalue weighted by atomic mass is 9.56. The summed E-state index contributed by atoms with van der Waals surface area (Å²) in [5.41, 5.74) is -5.04. The van der Waals surface area contributed by atoms with Crippen molar-refractivity contribution in [2.24, 2.45) is 119 Å². The molecule has 7 rings (SSSR count). The molecule has 2 atom stereocenters. The number of hydrogen-bond donors (Lipinski definition) is 7. The molecule has 7 saturated carbocycles. The molecule has 25 nitrogen and oxygen atoms in total. The predicted octanol–water partition coefficient (Wildman–Crippen LogP) is 31.6. The zero-order valence-corrected chi connectivity index (χ0v) is 97.8. The fourth-order valence-corrected chi connectivity index (χ4v) is 11.7. The third-order valence-corrected chi connectivity index (χ3v) is 28.6. The number of carbonyl (C=O) groups excluding carboxylic acids is 6. The Hall–Kier alpha value is -6.99. The molecule has 0 heterocycles. The van der Waals surface area contributed by atoms with E-state index >= 15 is 0 Å². The molecule has 0 aromatic carbocycles. The lowest BCUT2D eigenvalue weighted by molar-refractivity contribution is -0.244. The van der Waals surface area contributed by atoms with E-state index in [1.165, 1.54) is 89.6 Å². The Bertz CT molecular complexity index is 2850. The number of hydrogen-bond acceptors (Lipinski definition) is 20. The average Bonchev–Trinajstić information content (AvgIpc) is 0.848. The quantitative estimate of drug-likeness (QED) is 0.0139. The number of fused-ring (bicyclic) bond motifs is 2. The van der Waals surface area contributed by atoms with Gasteiger partial charge in [-0.3, -0.25) is 47.9 Å². The van der Waals surface area contributed by atoms with E-state index in [0.717, 1.165) is 50.9 Å². The Labute approximate surface area is 860 Å². The van der Waals surface area contributed by atoms with Gasteiger partial charge in [-0.15, -0.1) is 13.2 Å². The average molecular weight is 2010 g/mol. The predicted molar refractivity (Wildman–Crippen MR) is 580 cm³/mol. The monoisotopic (exact) mass is 2010 g/mol. The number of ketones is 1. The van der Waals surface area contributed by atoms with Crippen LogP contribution in [0, 0.1) is 141 Å². The summed E-state index contributed by atoms with van der Waals surface area (Å²) in [5.74, 6) is 4.59. The number of carbonyl (C=O) groups is 11. The molecule has 7 aliphatic carbocycles. The van der Waals surface area contributed by atoms with Crippen LogP contribution in [0.1, 0.15) is 499 Å². The van der Waals surface area contributed by atoms with E-state index in [9.17, 15) is 57.8 Å². The van der Waals surface area contributed by atoms with Crippen molar-refractivity contribution in [3.63, 3.8) is 0 Å². The zero-order chi connectivity index (χ0) is 113. The Kier molecular flexibility index (Phi) is 98.5. The first kappa shape index (κ1) is 164. The smallest absolute Gasteiger partial charge is 0.347 e. The van der Waals surface area contributed by atoms with Gasteiger partial charge in [0.2, 0.25) is 0 Å². The van der Waals surface area contributed by atoms with Crippen LogP contribution in [-0.2, 0) is 76.6 Å². The van der Waals surface area contributed by atoms with E-state index in [0.29, 0.717) is 56.6 Å². The van der Waals surface area contributed by atoms with Gasteiger partial charge in [0.15, 0.2) is 0 Å². The fraction of sp³-hybridized carbons (Fsp3) is 0.870. The third-order valence-electron chi connectivity index (χ3n) is 28.6. The van der Waals surface area contributed by atoms with Crippen LogP contribution in [0.5, 0.6) is 0 Å². The molecule has 0 aromatic rings. The first-order valence-electron chi connectivity index (χ1n) is 51.7. The van der Waals surface area contributed by atoms with Crippen molar-refractivity contribution in [3.05, 3.63) is 13.2 Å². The van der Waals surface area contributed by atoms with Crippen LogP contribution in [0.4, 0.5) is 0 Å². The van der Waals surface area contributed by atoms with Crippen molar-refractivity contribution in [2.45, 2.75) is 504 Å². The highest BCUT2D eigenvalue weighted by Gasteiger charge is 2.42. The van der Waals surface area contributed by atoms with E-state index < -0.39 is 73.9 Å². The van der Waals surface area contributed by atoms with Crippen LogP contribution in [0.2, 0.25) is 0 Å². The molecule has 6 bridgehead atoms. The minimum Gasteiger partial charge on any atom is -0.481 e. The molecular formula is C115H228N2O23. The molecule has 7 aliphatic rings. The molecule has 140 heavy (non-hydrogen) atoms. The maximum Gasteiger partial charge on any atom is 0.347 e. The van der Waals surface area contributed by atoms with E-state index in [2.05, 4.69) is 56.1 Å². The molecule has 7 fully saturated rings. The van der Waals surface area contributed by atoms with Gasteiger partial charge in [-0.25, -0.2) is 4.79 Å². The summed E-state index contributed by atoms with van der Waals surface area (Å²) in [6.07, 6.45) is 33.4. The third kappa shape index (κ3) is 80.4. The second-order valence-electron chi connectivity index (χ2n) is 44.7. The molecule has 0 saturated heterocycles. The second kappa shape index (κ2) is 84.2. The van der Waals surface area contributed by atoms with Crippen LogP contribution in [0.3, 0.4) is 0 Å². The number of esters is 4. The molecule has 836 valence electrons. The van der Waals surface area contributed by atoms with Crippen LogP contribution in [0.25, 0.3) is 0 Å². The van der Waals surface area contributed by atoms with Crippen molar-refractivity contribution in [1.82, 2.24) is 0 Å². The van der Waals surface area contributed by atoms with Crippen LogP contribution < -0.4 is 0 Å². The summed E-state index contributed by atoms with van der Waals surface area (Å²) in [5, 5.41) is 76.1. The summed E-state index contributed by atoms with van der Waals surface area (Å²) < 4.78 is 18.3. The summed E-state index contributed by atoms with van der Waals surface area (Å²) in [4.78, 5) is 120. The molecule has 2 unspecified atom stereocenters. The lowest BCUT2D eigenvalue weighted by Gasteiger charge is -2.49. The number of rotatable bonds is 26. The molecule has 25 heteroatoms. The number of Topliss-reactive ketones (excluding diaryl/α,β-unsaturated/α-hetero) is 1. The molecule has 0 aliphatic heterocycles. The highest BCUT2D eigenvalue weighted by atomic mass is 17.1. The normalized spacial score (nSPS) is 17.9. The lowest BCUT2D eigenvalue weighted by Crippen LogP contribution is -2.38. The molecule has 0 radical (unpaired) electrons. The SMILES string of the molecule is C.C.C1C2CC3CC1CC(C2)C3.C1CC2CCC1C2.C=C.CC.CC1CCC(C(C)(C)O)CC1.CCC(=O)C(C)(C)CC.CCC(C)(C)C(=O)O.CCC(C)(C)C(=O)O.CCC(C)(C)C(=O)O.CCC(C)(C)C(=O)O.CCC(C)(C)C(=O)O.CCC(C)(C)C(=O)OC.CCC(C)(C)C(=O)OC.CCC(C)(C)C(=O)OC.CCC(C)(C)C(=O)OC.CCC(C)(C)C(=O)OO.CCC(C)C#N.CCC(C)C#N. The van der Waals surface area contributed by atoms with Crippen LogP contribution >= 0.6 is 0 Å². The summed E-state index contributed by atoms with van der Waals surface area (Å²) in [6, 6.07) is 4.23. The van der Waals surface area contributed by atoms with E-state index in [-0.39, 0.29) is 77.6 Å². The van der Waals surface area contributed by atoms with Gasteiger partial charge in [-0.2, -0.15) is 15.8 Å². The molecule has 7 N–H and O–H groups in total. The van der Waals surface area contributed by atoms with Gasteiger partial charge in [0.05, 0.1) is 100 Å².